The lowest BCUT2D eigenvalue weighted by Gasteiger charge is -2.10. The number of halogens is 4. The molecule has 0 spiro atoms. The minimum atomic E-state index is -4.10. The van der Waals surface area contributed by atoms with Gasteiger partial charge in [0.25, 0.3) is 0 Å². The van der Waals surface area contributed by atoms with Crippen molar-refractivity contribution in [3.8, 4) is 0 Å². The van der Waals surface area contributed by atoms with E-state index >= 15 is 0 Å². The van der Waals surface area contributed by atoms with Gasteiger partial charge in [-0.3, -0.25) is 0 Å². The summed E-state index contributed by atoms with van der Waals surface area (Å²) in [5.74, 6) is 0.653. The van der Waals surface area contributed by atoms with E-state index in [2.05, 4.69) is 9.97 Å². The van der Waals surface area contributed by atoms with Crippen LogP contribution in [-0.4, -0.2) is 20.7 Å². The molecule has 0 aliphatic rings. The normalized spacial score (nSPS) is 13.8. The lowest BCUT2D eigenvalue weighted by atomic mass is 10.2. The number of unbranched alkanes of at least 4 members (excludes halogenated alkanes) is 1. The second-order valence-corrected chi connectivity index (χ2v) is 5.76. The lowest BCUT2D eigenvalue weighted by molar-refractivity contribution is -0.135. The number of aromatic nitrogens is 3. The van der Waals surface area contributed by atoms with Gasteiger partial charge in [0, 0.05) is 19.2 Å². The van der Waals surface area contributed by atoms with E-state index in [1.165, 1.54) is 0 Å². The molecule has 3 nitrogen and oxygen atoms in total. The monoisotopic (exact) mass is 319 g/mol. The fourth-order valence-electron chi connectivity index (χ4n) is 2.27. The van der Waals surface area contributed by atoms with Crippen molar-refractivity contribution in [3.05, 3.63) is 23.7 Å². The van der Waals surface area contributed by atoms with Crippen LogP contribution in [-0.2, 0) is 6.54 Å². The van der Waals surface area contributed by atoms with Gasteiger partial charge in [0.2, 0.25) is 0 Å². The molecule has 116 valence electrons. The molecule has 0 N–H and O–H groups in total. The molecular weight excluding hydrogens is 303 g/mol. The summed E-state index contributed by atoms with van der Waals surface area (Å²) in [6, 6.07) is 1.85. The molecule has 0 amide bonds. The van der Waals surface area contributed by atoms with E-state index in [0.717, 1.165) is 11.1 Å². The molecule has 0 aromatic carbocycles. The second kappa shape index (κ2) is 6.22. The molecule has 21 heavy (non-hydrogen) atoms. The second-order valence-electron chi connectivity index (χ2n) is 5.11. The number of aryl methyl sites for hydroxylation is 2. The molecule has 2 aromatic rings. The topological polar surface area (TPSA) is 30.7 Å². The molecule has 0 fully saturated rings. The van der Waals surface area contributed by atoms with E-state index in [-0.39, 0.29) is 11.8 Å². The van der Waals surface area contributed by atoms with Gasteiger partial charge >= 0.3 is 6.18 Å². The van der Waals surface area contributed by atoms with Crippen LogP contribution in [0.3, 0.4) is 0 Å². The Balaban J connectivity index is 2.21. The zero-order chi connectivity index (χ0) is 15.6. The molecule has 2 heterocycles. The van der Waals surface area contributed by atoms with Gasteiger partial charge in [0.15, 0.2) is 5.65 Å². The molecule has 0 aliphatic heterocycles. The average Bonchev–Trinajstić information content (AvgIpc) is 2.74. The predicted molar refractivity (Wildman–Crippen MR) is 76.4 cm³/mol. The van der Waals surface area contributed by atoms with Crippen LogP contribution in [0.4, 0.5) is 13.2 Å². The first kappa shape index (κ1) is 16.1. The molecule has 0 saturated carbocycles. The minimum Gasteiger partial charge on any atom is -0.311 e. The summed E-state index contributed by atoms with van der Waals surface area (Å²) < 4.78 is 38.4. The fourth-order valence-corrected chi connectivity index (χ4v) is 2.44. The maximum absolute atomic E-state index is 12.2. The Kier molecular flexibility index (Phi) is 4.76. The van der Waals surface area contributed by atoms with Gasteiger partial charge in [-0.25, -0.2) is 9.97 Å². The zero-order valence-corrected chi connectivity index (χ0v) is 12.7. The highest BCUT2D eigenvalue weighted by atomic mass is 35.5. The number of fused-ring (bicyclic) bond motifs is 1. The SMILES string of the molecule is Cc1ccnc2c1nc(C(C)Cl)n2CCCCC(F)(F)F. The van der Waals surface area contributed by atoms with Crippen LogP contribution in [0, 0.1) is 6.92 Å². The van der Waals surface area contributed by atoms with Crippen LogP contribution in [0.2, 0.25) is 0 Å². The molecule has 0 bridgehead atoms. The van der Waals surface area contributed by atoms with E-state index < -0.39 is 12.6 Å². The number of hydrogen-bond acceptors (Lipinski definition) is 2. The number of alkyl halides is 4. The number of nitrogens with zero attached hydrogens (tertiary/aromatic N) is 3. The van der Waals surface area contributed by atoms with Crippen molar-refractivity contribution < 1.29 is 13.2 Å². The number of pyridine rings is 1. The summed E-state index contributed by atoms with van der Waals surface area (Å²) in [5, 5.41) is -0.318. The number of rotatable bonds is 5. The van der Waals surface area contributed by atoms with Crippen molar-refractivity contribution in [2.24, 2.45) is 0 Å². The third-order valence-corrected chi connectivity index (χ3v) is 3.51. The van der Waals surface area contributed by atoms with Gasteiger partial charge in [-0.1, -0.05) is 0 Å². The highest BCUT2D eigenvalue weighted by Gasteiger charge is 2.26. The Bertz CT molecular complexity index is 620. The van der Waals surface area contributed by atoms with Gasteiger partial charge in [0.05, 0.1) is 5.38 Å². The van der Waals surface area contributed by atoms with E-state index in [1.54, 1.807) is 13.1 Å². The van der Waals surface area contributed by atoms with Crippen LogP contribution in [0.5, 0.6) is 0 Å². The van der Waals surface area contributed by atoms with Crippen molar-refractivity contribution in [3.63, 3.8) is 0 Å². The van der Waals surface area contributed by atoms with E-state index in [9.17, 15) is 13.2 Å². The molecule has 2 aromatic heterocycles. The molecule has 0 saturated heterocycles. The van der Waals surface area contributed by atoms with E-state index in [0.29, 0.717) is 24.4 Å². The minimum absolute atomic E-state index is 0.0884. The fraction of sp³-hybridized carbons (Fsp3) is 0.571. The Labute approximate surface area is 126 Å². The lowest BCUT2D eigenvalue weighted by Crippen LogP contribution is -2.09. The third-order valence-electron chi connectivity index (χ3n) is 3.31. The Morgan fingerprint density at radius 1 is 1.33 bits per heavy atom. The molecule has 0 aliphatic carbocycles. The van der Waals surface area contributed by atoms with Crippen LogP contribution in [0.1, 0.15) is 43.0 Å². The van der Waals surface area contributed by atoms with E-state index in [1.807, 2.05) is 17.6 Å². The highest BCUT2D eigenvalue weighted by Crippen LogP contribution is 2.27. The molecule has 1 unspecified atom stereocenters. The average molecular weight is 320 g/mol. The summed E-state index contributed by atoms with van der Waals surface area (Å²) in [4.78, 5) is 8.78. The first-order valence-corrected chi connectivity index (χ1v) is 7.26. The Morgan fingerprint density at radius 3 is 2.67 bits per heavy atom. The predicted octanol–water partition coefficient (Wildman–Crippen LogP) is 4.77. The number of hydrogen-bond donors (Lipinski definition) is 0. The van der Waals surface area contributed by atoms with Crippen LogP contribution in [0.15, 0.2) is 12.3 Å². The van der Waals surface area contributed by atoms with Crippen LogP contribution >= 0.6 is 11.6 Å². The maximum atomic E-state index is 12.2. The summed E-state index contributed by atoms with van der Waals surface area (Å²) >= 11 is 6.13. The first-order chi connectivity index (χ1) is 9.79. The van der Waals surface area contributed by atoms with Crippen molar-refractivity contribution in [2.45, 2.75) is 51.2 Å². The van der Waals surface area contributed by atoms with Crippen LogP contribution in [0.25, 0.3) is 11.2 Å². The summed E-state index contributed by atoms with van der Waals surface area (Å²) in [6.07, 6.45) is -2.69. The molecule has 2 rings (SSSR count). The van der Waals surface area contributed by atoms with Crippen molar-refractivity contribution >= 4 is 22.8 Å². The quantitative estimate of drug-likeness (QED) is 0.587. The smallest absolute Gasteiger partial charge is 0.311 e. The molecule has 7 heteroatoms. The first-order valence-electron chi connectivity index (χ1n) is 6.82. The zero-order valence-electron chi connectivity index (χ0n) is 11.9. The Hall–Kier alpha value is -1.30. The van der Waals surface area contributed by atoms with Gasteiger partial charge in [-0.2, -0.15) is 13.2 Å². The van der Waals surface area contributed by atoms with Crippen LogP contribution < -0.4 is 0 Å². The summed E-state index contributed by atoms with van der Waals surface area (Å²) in [5.41, 5.74) is 2.42. The van der Waals surface area contributed by atoms with Gasteiger partial charge in [-0.15, -0.1) is 11.6 Å². The van der Waals surface area contributed by atoms with E-state index in [4.69, 9.17) is 11.6 Å². The Morgan fingerprint density at radius 2 is 2.05 bits per heavy atom. The highest BCUT2D eigenvalue weighted by molar-refractivity contribution is 6.20. The van der Waals surface area contributed by atoms with Gasteiger partial charge in [0.1, 0.15) is 11.3 Å². The third kappa shape index (κ3) is 3.87. The van der Waals surface area contributed by atoms with Crippen molar-refractivity contribution in [2.75, 3.05) is 0 Å². The van der Waals surface area contributed by atoms with Crippen molar-refractivity contribution in [1.29, 1.82) is 0 Å². The largest absolute Gasteiger partial charge is 0.389 e. The summed E-state index contributed by atoms with van der Waals surface area (Å²) in [7, 11) is 0. The molecule has 1 atom stereocenters. The number of imidazole rings is 1. The molecular formula is C14H17ClF3N3. The van der Waals surface area contributed by atoms with Gasteiger partial charge in [-0.05, 0) is 38.3 Å². The standard InChI is InChI=1S/C14H17ClF3N3/c1-9-5-7-19-13-11(9)20-12(10(2)15)21(13)8-4-3-6-14(16,17)18/h5,7,10H,3-4,6,8H2,1-2H3. The molecule has 0 radical (unpaired) electrons. The van der Waals surface area contributed by atoms with Gasteiger partial charge < -0.3 is 4.57 Å². The van der Waals surface area contributed by atoms with Crippen molar-refractivity contribution in [1.82, 2.24) is 14.5 Å². The summed E-state index contributed by atoms with van der Waals surface area (Å²) in [6.45, 7) is 4.16. The maximum Gasteiger partial charge on any atom is 0.389 e.